The predicted octanol–water partition coefficient (Wildman–Crippen LogP) is 6.39. The lowest BCUT2D eigenvalue weighted by Gasteiger charge is -2.18. The van der Waals surface area contributed by atoms with Gasteiger partial charge in [-0.05, 0) is 47.4 Å². The van der Waals surface area contributed by atoms with Gasteiger partial charge in [-0.1, -0.05) is 57.2 Å². The minimum absolute atomic E-state index is 0.0104. The number of alkyl halides is 3. The Labute approximate surface area is 200 Å². The summed E-state index contributed by atoms with van der Waals surface area (Å²) in [6, 6.07) is 18.5. The molecule has 35 heavy (non-hydrogen) atoms. The minimum atomic E-state index is -4.53. The summed E-state index contributed by atoms with van der Waals surface area (Å²) in [5, 5.41) is 4.63. The molecule has 1 heterocycles. The monoisotopic (exact) mass is 479 g/mol. The van der Waals surface area contributed by atoms with Crippen molar-refractivity contribution in [1.82, 2.24) is 9.66 Å². The molecule has 0 N–H and O–H groups in total. The van der Waals surface area contributed by atoms with Crippen LogP contribution in [0.4, 0.5) is 13.2 Å². The van der Waals surface area contributed by atoms with Crippen molar-refractivity contribution in [3.05, 3.63) is 94.3 Å². The summed E-state index contributed by atoms with van der Waals surface area (Å²) in [4.78, 5) is 17.7. The van der Waals surface area contributed by atoms with Crippen molar-refractivity contribution in [3.8, 4) is 17.1 Å². The molecule has 0 aliphatic carbocycles. The summed E-state index contributed by atoms with van der Waals surface area (Å²) in [6.45, 7) is 6.70. The van der Waals surface area contributed by atoms with Crippen molar-refractivity contribution in [2.45, 2.75) is 26.9 Å². The lowest BCUT2D eigenvalue weighted by atomic mass is 9.99. The van der Waals surface area contributed by atoms with Gasteiger partial charge in [-0.2, -0.15) is 22.9 Å². The van der Waals surface area contributed by atoms with Crippen LogP contribution in [0.2, 0.25) is 0 Å². The van der Waals surface area contributed by atoms with Gasteiger partial charge in [0.25, 0.3) is 5.56 Å². The largest absolute Gasteiger partial charge is 0.493 e. The lowest BCUT2D eigenvalue weighted by molar-refractivity contribution is -0.137. The van der Waals surface area contributed by atoms with E-state index in [9.17, 15) is 18.0 Å². The molecule has 0 atom stereocenters. The van der Waals surface area contributed by atoms with Crippen LogP contribution in [0.5, 0.6) is 5.75 Å². The van der Waals surface area contributed by atoms with Crippen LogP contribution in [-0.4, -0.2) is 22.5 Å². The third-order valence-electron chi connectivity index (χ3n) is 5.05. The third-order valence-corrected chi connectivity index (χ3v) is 5.05. The van der Waals surface area contributed by atoms with Crippen molar-refractivity contribution < 1.29 is 17.9 Å². The molecule has 5 nitrogen and oxygen atoms in total. The standard InChI is InChI=1S/C27H24F3N3O2/c1-26(2,3)17-35-21-11-6-8-18(14-21)16-31-33-24(19-9-7-10-20(15-19)27(28,29)30)32-23-13-5-4-12-22(23)25(33)34/h4-16H,17H2,1-3H3. The highest BCUT2D eigenvalue weighted by Gasteiger charge is 2.31. The summed E-state index contributed by atoms with van der Waals surface area (Å²) < 4.78 is 46.9. The number of para-hydroxylation sites is 1. The second-order valence-corrected chi connectivity index (χ2v) is 9.31. The van der Waals surface area contributed by atoms with Crippen molar-refractivity contribution in [1.29, 1.82) is 0 Å². The average molecular weight is 480 g/mol. The molecule has 4 rings (SSSR count). The Kier molecular flexibility index (Phi) is 6.47. The van der Waals surface area contributed by atoms with Gasteiger partial charge < -0.3 is 4.74 Å². The van der Waals surface area contributed by atoms with E-state index < -0.39 is 17.3 Å². The molecule has 0 bridgehead atoms. The van der Waals surface area contributed by atoms with E-state index in [1.807, 2.05) is 6.07 Å². The zero-order valence-corrected chi connectivity index (χ0v) is 19.5. The predicted molar refractivity (Wildman–Crippen MR) is 131 cm³/mol. The van der Waals surface area contributed by atoms with Gasteiger partial charge in [0.2, 0.25) is 0 Å². The summed E-state index contributed by atoms with van der Waals surface area (Å²) >= 11 is 0. The zero-order chi connectivity index (χ0) is 25.2. The maximum atomic E-state index is 13.3. The molecule has 3 aromatic carbocycles. The molecular formula is C27H24F3N3O2. The van der Waals surface area contributed by atoms with Crippen LogP contribution in [0.25, 0.3) is 22.3 Å². The Bertz CT molecular complexity index is 1450. The number of rotatable bonds is 5. The van der Waals surface area contributed by atoms with Gasteiger partial charge in [-0.25, -0.2) is 4.98 Å². The van der Waals surface area contributed by atoms with E-state index in [-0.39, 0.29) is 16.8 Å². The molecule has 0 unspecified atom stereocenters. The molecule has 0 fully saturated rings. The number of nitrogens with zero attached hydrogens (tertiary/aromatic N) is 3. The van der Waals surface area contributed by atoms with Gasteiger partial charge in [0, 0.05) is 5.56 Å². The number of hydrogen-bond acceptors (Lipinski definition) is 4. The van der Waals surface area contributed by atoms with E-state index in [4.69, 9.17) is 4.74 Å². The van der Waals surface area contributed by atoms with Crippen LogP contribution in [0.3, 0.4) is 0 Å². The van der Waals surface area contributed by atoms with Crippen molar-refractivity contribution in [3.63, 3.8) is 0 Å². The molecule has 0 saturated heterocycles. The lowest BCUT2D eigenvalue weighted by Crippen LogP contribution is -2.20. The topological polar surface area (TPSA) is 56.5 Å². The molecule has 8 heteroatoms. The zero-order valence-electron chi connectivity index (χ0n) is 19.5. The minimum Gasteiger partial charge on any atom is -0.493 e. The Balaban J connectivity index is 1.80. The summed E-state index contributed by atoms with van der Waals surface area (Å²) in [7, 11) is 0. The SMILES string of the molecule is CC(C)(C)COc1cccc(C=Nn2c(-c3cccc(C(F)(F)F)c3)nc3ccccc3c2=O)c1. The van der Waals surface area contributed by atoms with Gasteiger partial charge in [0.1, 0.15) is 5.75 Å². The van der Waals surface area contributed by atoms with Gasteiger partial charge >= 0.3 is 6.18 Å². The second-order valence-electron chi connectivity index (χ2n) is 9.31. The summed E-state index contributed by atoms with van der Waals surface area (Å²) in [5.74, 6) is 0.655. The fraction of sp³-hybridized carbons (Fsp3) is 0.222. The highest BCUT2D eigenvalue weighted by atomic mass is 19.4. The Morgan fingerprint density at radius 1 is 0.971 bits per heavy atom. The third kappa shape index (κ3) is 5.77. The van der Waals surface area contributed by atoms with E-state index in [1.54, 1.807) is 42.5 Å². The normalized spacial score (nSPS) is 12.4. The molecule has 0 radical (unpaired) electrons. The fourth-order valence-electron chi connectivity index (χ4n) is 3.36. The smallest absolute Gasteiger partial charge is 0.416 e. The molecule has 0 aliphatic heterocycles. The molecule has 180 valence electrons. The first kappa shape index (κ1) is 24.2. The maximum absolute atomic E-state index is 13.3. The van der Waals surface area contributed by atoms with E-state index in [2.05, 4.69) is 30.9 Å². The van der Waals surface area contributed by atoms with Crippen LogP contribution in [0.15, 0.2) is 82.7 Å². The molecule has 0 aliphatic rings. The first-order valence-electron chi connectivity index (χ1n) is 11.0. The van der Waals surface area contributed by atoms with Gasteiger partial charge in [0.15, 0.2) is 5.82 Å². The second kappa shape index (κ2) is 9.37. The van der Waals surface area contributed by atoms with Crippen molar-refractivity contribution in [2.75, 3.05) is 6.61 Å². The van der Waals surface area contributed by atoms with E-state index >= 15 is 0 Å². The van der Waals surface area contributed by atoms with Gasteiger partial charge in [0.05, 0.1) is 29.3 Å². The Hall–Kier alpha value is -3.94. The molecule has 0 spiro atoms. The van der Waals surface area contributed by atoms with Gasteiger partial charge in [-0.15, -0.1) is 0 Å². The fourth-order valence-corrected chi connectivity index (χ4v) is 3.36. The quantitative estimate of drug-likeness (QED) is 0.312. The van der Waals surface area contributed by atoms with Gasteiger partial charge in [-0.3, -0.25) is 4.79 Å². The summed E-state index contributed by atoms with van der Waals surface area (Å²) in [5.41, 5.74) is -0.188. The Morgan fingerprint density at radius 3 is 2.46 bits per heavy atom. The van der Waals surface area contributed by atoms with Crippen LogP contribution < -0.4 is 10.3 Å². The number of hydrogen-bond donors (Lipinski definition) is 0. The Morgan fingerprint density at radius 2 is 1.71 bits per heavy atom. The molecular weight excluding hydrogens is 455 g/mol. The number of benzene rings is 3. The van der Waals surface area contributed by atoms with Crippen LogP contribution in [0.1, 0.15) is 31.9 Å². The van der Waals surface area contributed by atoms with E-state index in [0.717, 1.165) is 16.8 Å². The maximum Gasteiger partial charge on any atom is 0.416 e. The number of fused-ring (bicyclic) bond motifs is 1. The van der Waals surface area contributed by atoms with E-state index in [0.29, 0.717) is 28.8 Å². The molecule has 0 amide bonds. The number of aromatic nitrogens is 2. The molecule has 1 aromatic heterocycles. The van der Waals surface area contributed by atoms with Crippen molar-refractivity contribution >= 4 is 17.1 Å². The van der Waals surface area contributed by atoms with Crippen LogP contribution in [0, 0.1) is 5.41 Å². The van der Waals surface area contributed by atoms with Crippen molar-refractivity contribution in [2.24, 2.45) is 10.5 Å². The molecule has 4 aromatic rings. The van der Waals surface area contributed by atoms with E-state index in [1.165, 1.54) is 18.3 Å². The number of ether oxygens (including phenoxy) is 1. The molecule has 0 saturated carbocycles. The first-order chi connectivity index (χ1) is 16.5. The first-order valence-corrected chi connectivity index (χ1v) is 11.0. The highest BCUT2D eigenvalue weighted by molar-refractivity contribution is 5.82. The highest BCUT2D eigenvalue weighted by Crippen LogP contribution is 2.32. The average Bonchev–Trinajstić information content (AvgIpc) is 2.81. The van der Waals surface area contributed by atoms with Crippen LogP contribution >= 0.6 is 0 Å². The van der Waals surface area contributed by atoms with Crippen LogP contribution in [-0.2, 0) is 6.18 Å². The number of halogens is 3. The summed E-state index contributed by atoms with van der Waals surface area (Å²) in [6.07, 6.45) is -3.08.